The molecule has 1 saturated heterocycles. The fourth-order valence-corrected chi connectivity index (χ4v) is 2.34. The smallest absolute Gasteiger partial charge is 0.314 e. The van der Waals surface area contributed by atoms with Gasteiger partial charge in [-0.15, -0.1) is 0 Å². The molecular weight excluding hydrogens is 227 g/mol. The number of alkyl halides is 3. The summed E-state index contributed by atoms with van der Waals surface area (Å²) in [6.45, 7) is 0.978. The molecule has 1 aliphatic rings. The molecule has 0 spiro atoms. The second kappa shape index (κ2) is 5.08. The van der Waals surface area contributed by atoms with E-state index in [-0.39, 0.29) is 0 Å². The SMILES string of the molecule is FC(F)(F)Cc1ccccc1CC1CCCN1. The monoisotopic (exact) mass is 243 g/mol. The van der Waals surface area contributed by atoms with Crippen molar-refractivity contribution in [2.24, 2.45) is 0 Å². The Kier molecular flexibility index (Phi) is 3.72. The minimum atomic E-state index is -4.13. The molecule has 1 unspecified atom stereocenters. The van der Waals surface area contributed by atoms with Gasteiger partial charge in [-0.2, -0.15) is 13.2 Å². The fraction of sp³-hybridized carbons (Fsp3) is 0.538. The number of benzene rings is 1. The van der Waals surface area contributed by atoms with Gasteiger partial charge in [0.15, 0.2) is 0 Å². The standard InChI is InChI=1S/C13H16F3N/c14-13(15,16)9-11-5-2-1-4-10(11)8-12-6-3-7-17-12/h1-2,4-5,12,17H,3,6-9H2. The molecular formula is C13H16F3N. The van der Waals surface area contributed by atoms with Crippen LogP contribution in [0.1, 0.15) is 24.0 Å². The van der Waals surface area contributed by atoms with Crippen LogP contribution >= 0.6 is 0 Å². The maximum atomic E-state index is 12.4. The summed E-state index contributed by atoms with van der Waals surface area (Å²) in [6.07, 6.45) is -2.08. The summed E-state index contributed by atoms with van der Waals surface area (Å²) in [7, 11) is 0. The van der Waals surface area contributed by atoms with E-state index in [1.54, 1.807) is 18.2 Å². The van der Waals surface area contributed by atoms with Crippen LogP contribution in [0.15, 0.2) is 24.3 Å². The molecule has 1 aromatic rings. The van der Waals surface area contributed by atoms with Crippen LogP contribution in [0.5, 0.6) is 0 Å². The Balaban J connectivity index is 2.09. The van der Waals surface area contributed by atoms with Crippen molar-refractivity contribution in [1.82, 2.24) is 5.32 Å². The third-order valence-electron chi connectivity index (χ3n) is 3.14. The van der Waals surface area contributed by atoms with Gasteiger partial charge in [0.1, 0.15) is 0 Å². The van der Waals surface area contributed by atoms with E-state index in [1.807, 2.05) is 6.07 Å². The second-order valence-electron chi connectivity index (χ2n) is 4.56. The summed E-state index contributed by atoms with van der Waals surface area (Å²) >= 11 is 0. The van der Waals surface area contributed by atoms with E-state index in [0.29, 0.717) is 18.0 Å². The van der Waals surface area contributed by atoms with Crippen LogP contribution in [-0.4, -0.2) is 18.8 Å². The first-order valence-corrected chi connectivity index (χ1v) is 5.91. The van der Waals surface area contributed by atoms with Crippen LogP contribution < -0.4 is 5.32 Å². The number of rotatable bonds is 3. The second-order valence-corrected chi connectivity index (χ2v) is 4.56. The summed E-state index contributed by atoms with van der Waals surface area (Å²) in [5, 5.41) is 3.31. The molecule has 0 aromatic heterocycles. The summed E-state index contributed by atoms with van der Waals surface area (Å²) in [5.74, 6) is 0. The van der Waals surface area contributed by atoms with Gasteiger partial charge in [0.05, 0.1) is 6.42 Å². The lowest BCUT2D eigenvalue weighted by Crippen LogP contribution is -2.24. The lowest BCUT2D eigenvalue weighted by Gasteiger charge is -2.15. The molecule has 1 nitrogen and oxygen atoms in total. The Morgan fingerprint density at radius 3 is 2.47 bits per heavy atom. The topological polar surface area (TPSA) is 12.0 Å². The zero-order chi connectivity index (χ0) is 12.3. The van der Waals surface area contributed by atoms with Crippen molar-refractivity contribution in [1.29, 1.82) is 0 Å². The van der Waals surface area contributed by atoms with Crippen molar-refractivity contribution in [3.63, 3.8) is 0 Å². The van der Waals surface area contributed by atoms with E-state index >= 15 is 0 Å². The highest BCUT2D eigenvalue weighted by Gasteiger charge is 2.29. The maximum absolute atomic E-state index is 12.4. The lowest BCUT2D eigenvalue weighted by atomic mass is 9.97. The highest BCUT2D eigenvalue weighted by atomic mass is 19.4. The number of halogens is 3. The largest absolute Gasteiger partial charge is 0.393 e. The zero-order valence-electron chi connectivity index (χ0n) is 9.56. The molecule has 1 N–H and O–H groups in total. The average molecular weight is 243 g/mol. The van der Waals surface area contributed by atoms with Gasteiger partial charge in [0.2, 0.25) is 0 Å². The molecule has 0 saturated carbocycles. The predicted octanol–water partition coefficient (Wildman–Crippen LogP) is 3.09. The predicted molar refractivity (Wildman–Crippen MR) is 60.9 cm³/mol. The molecule has 1 aliphatic heterocycles. The Bertz CT molecular complexity index is 367. The van der Waals surface area contributed by atoms with Gasteiger partial charge in [-0.3, -0.25) is 0 Å². The first-order chi connectivity index (χ1) is 8.04. The Hall–Kier alpha value is -1.03. The average Bonchev–Trinajstić information content (AvgIpc) is 2.71. The molecule has 1 heterocycles. The van der Waals surface area contributed by atoms with Crippen molar-refractivity contribution in [3.05, 3.63) is 35.4 Å². The Morgan fingerprint density at radius 1 is 1.18 bits per heavy atom. The third-order valence-corrected chi connectivity index (χ3v) is 3.14. The molecule has 1 atom stereocenters. The van der Waals surface area contributed by atoms with Gasteiger partial charge in [-0.25, -0.2) is 0 Å². The fourth-order valence-electron chi connectivity index (χ4n) is 2.34. The van der Waals surface area contributed by atoms with Gasteiger partial charge in [-0.1, -0.05) is 24.3 Å². The van der Waals surface area contributed by atoms with Crippen LogP contribution in [0.3, 0.4) is 0 Å². The number of hydrogen-bond donors (Lipinski definition) is 1. The van der Waals surface area contributed by atoms with Crippen LogP contribution in [0.2, 0.25) is 0 Å². The number of nitrogens with one attached hydrogen (secondary N) is 1. The van der Waals surface area contributed by atoms with Crippen LogP contribution in [-0.2, 0) is 12.8 Å². The lowest BCUT2D eigenvalue weighted by molar-refractivity contribution is -0.127. The van der Waals surface area contributed by atoms with E-state index in [0.717, 1.165) is 24.9 Å². The summed E-state index contributed by atoms with van der Waals surface area (Å²) < 4.78 is 37.3. The normalized spacial score (nSPS) is 20.8. The summed E-state index contributed by atoms with van der Waals surface area (Å²) in [4.78, 5) is 0. The summed E-state index contributed by atoms with van der Waals surface area (Å²) in [6, 6.07) is 7.21. The van der Waals surface area contributed by atoms with E-state index in [2.05, 4.69) is 5.32 Å². The zero-order valence-corrected chi connectivity index (χ0v) is 9.56. The highest BCUT2D eigenvalue weighted by Crippen LogP contribution is 2.24. The molecule has 1 aromatic carbocycles. The Morgan fingerprint density at radius 2 is 1.88 bits per heavy atom. The van der Waals surface area contributed by atoms with Gasteiger partial charge >= 0.3 is 6.18 Å². The molecule has 17 heavy (non-hydrogen) atoms. The van der Waals surface area contributed by atoms with Crippen molar-refractivity contribution in [3.8, 4) is 0 Å². The van der Waals surface area contributed by atoms with E-state index in [1.165, 1.54) is 0 Å². The molecule has 0 amide bonds. The van der Waals surface area contributed by atoms with E-state index in [9.17, 15) is 13.2 Å². The molecule has 0 radical (unpaired) electrons. The minimum Gasteiger partial charge on any atom is -0.314 e. The number of hydrogen-bond acceptors (Lipinski definition) is 1. The molecule has 1 fully saturated rings. The van der Waals surface area contributed by atoms with Crippen molar-refractivity contribution < 1.29 is 13.2 Å². The van der Waals surface area contributed by atoms with Crippen LogP contribution in [0.25, 0.3) is 0 Å². The minimum absolute atomic E-state index is 0.337. The first-order valence-electron chi connectivity index (χ1n) is 5.91. The van der Waals surface area contributed by atoms with Gasteiger partial charge < -0.3 is 5.32 Å². The molecule has 2 rings (SSSR count). The molecule has 0 bridgehead atoms. The van der Waals surface area contributed by atoms with E-state index in [4.69, 9.17) is 0 Å². The van der Waals surface area contributed by atoms with E-state index < -0.39 is 12.6 Å². The van der Waals surface area contributed by atoms with Crippen LogP contribution in [0, 0.1) is 0 Å². The summed E-state index contributed by atoms with van der Waals surface area (Å²) in [5.41, 5.74) is 1.23. The molecule has 94 valence electrons. The Labute approximate surface area is 99.0 Å². The van der Waals surface area contributed by atoms with Crippen molar-refractivity contribution >= 4 is 0 Å². The van der Waals surface area contributed by atoms with Crippen molar-refractivity contribution in [2.45, 2.75) is 37.9 Å². The van der Waals surface area contributed by atoms with Gasteiger partial charge in [0, 0.05) is 6.04 Å². The quantitative estimate of drug-likeness (QED) is 0.860. The highest BCUT2D eigenvalue weighted by molar-refractivity contribution is 5.28. The maximum Gasteiger partial charge on any atom is 0.393 e. The first kappa shape index (κ1) is 12.4. The van der Waals surface area contributed by atoms with Gasteiger partial charge in [0.25, 0.3) is 0 Å². The van der Waals surface area contributed by atoms with Crippen molar-refractivity contribution in [2.75, 3.05) is 6.54 Å². The van der Waals surface area contributed by atoms with Crippen LogP contribution in [0.4, 0.5) is 13.2 Å². The van der Waals surface area contributed by atoms with Gasteiger partial charge in [-0.05, 0) is 36.9 Å². The molecule has 0 aliphatic carbocycles. The third kappa shape index (κ3) is 3.73. The molecule has 4 heteroatoms.